The first-order chi connectivity index (χ1) is 14.4. The van der Waals surface area contributed by atoms with Crippen LogP contribution in [0, 0.1) is 27.7 Å². The van der Waals surface area contributed by atoms with Crippen molar-refractivity contribution in [3.05, 3.63) is 77.0 Å². The molecular formula is C22H22N6O2. The van der Waals surface area contributed by atoms with E-state index in [4.69, 9.17) is 4.42 Å². The second-order valence-electron chi connectivity index (χ2n) is 7.10. The van der Waals surface area contributed by atoms with Crippen molar-refractivity contribution >= 4 is 23.1 Å². The van der Waals surface area contributed by atoms with Crippen molar-refractivity contribution in [3.63, 3.8) is 0 Å². The van der Waals surface area contributed by atoms with Crippen LogP contribution in [0.15, 0.2) is 52.9 Å². The summed E-state index contributed by atoms with van der Waals surface area (Å²) < 4.78 is 7.17. The van der Waals surface area contributed by atoms with Gasteiger partial charge in [0.2, 0.25) is 0 Å². The Bertz CT molecular complexity index is 1190. The van der Waals surface area contributed by atoms with Crippen LogP contribution in [0.4, 0.5) is 17.2 Å². The number of furan rings is 1. The largest absolute Gasteiger partial charge is 0.466 e. The normalized spacial score (nSPS) is 10.8. The van der Waals surface area contributed by atoms with E-state index in [0.29, 0.717) is 34.4 Å². The van der Waals surface area contributed by atoms with E-state index in [1.807, 2.05) is 63.2 Å². The number of hydrogen-bond acceptors (Lipinski definition) is 6. The molecule has 30 heavy (non-hydrogen) atoms. The maximum atomic E-state index is 12.4. The third-order valence-electron chi connectivity index (χ3n) is 4.58. The SMILES string of the molecule is Cc1cc(C)n(-c2ccc(Nc3ccc(NC(=O)c4cc(C)oc4C)cc3)nn2)n1. The Morgan fingerprint density at radius 2 is 1.67 bits per heavy atom. The molecule has 0 radical (unpaired) electrons. The Morgan fingerprint density at radius 3 is 2.23 bits per heavy atom. The first-order valence-corrected chi connectivity index (χ1v) is 9.52. The average Bonchev–Trinajstić information content (AvgIpc) is 3.24. The maximum absolute atomic E-state index is 12.4. The van der Waals surface area contributed by atoms with Crippen LogP contribution in [0.5, 0.6) is 0 Å². The van der Waals surface area contributed by atoms with Gasteiger partial charge in [-0.2, -0.15) is 5.10 Å². The van der Waals surface area contributed by atoms with Crippen molar-refractivity contribution in [2.75, 3.05) is 10.6 Å². The molecule has 2 N–H and O–H groups in total. The van der Waals surface area contributed by atoms with Crippen LogP contribution in [-0.2, 0) is 0 Å². The van der Waals surface area contributed by atoms with E-state index in [1.165, 1.54) is 0 Å². The lowest BCUT2D eigenvalue weighted by molar-refractivity contribution is 0.102. The third kappa shape index (κ3) is 4.07. The molecule has 0 aliphatic rings. The molecule has 0 atom stereocenters. The van der Waals surface area contributed by atoms with Gasteiger partial charge in [0.1, 0.15) is 11.5 Å². The van der Waals surface area contributed by atoms with Gasteiger partial charge in [-0.3, -0.25) is 4.79 Å². The van der Waals surface area contributed by atoms with Crippen molar-refractivity contribution < 1.29 is 9.21 Å². The predicted molar refractivity (Wildman–Crippen MR) is 114 cm³/mol. The summed E-state index contributed by atoms with van der Waals surface area (Å²) in [5, 5.41) is 18.9. The zero-order valence-electron chi connectivity index (χ0n) is 17.2. The Labute approximate surface area is 173 Å². The standard InChI is InChI=1S/C22H22N6O2/c1-13-11-14(2)28(27-13)21-10-9-20(25-26-21)23-17-5-7-18(8-6-17)24-22(29)19-12-15(3)30-16(19)4/h5-12H,1-4H3,(H,23,25)(H,24,29). The zero-order valence-corrected chi connectivity index (χ0v) is 17.2. The first kappa shape index (κ1) is 19.4. The number of hydrogen-bond donors (Lipinski definition) is 2. The molecule has 0 unspecified atom stereocenters. The summed E-state index contributed by atoms with van der Waals surface area (Å²) in [6, 6.07) is 14.8. The minimum atomic E-state index is -0.198. The van der Waals surface area contributed by atoms with Crippen LogP contribution < -0.4 is 10.6 Å². The van der Waals surface area contributed by atoms with Gasteiger partial charge in [0.25, 0.3) is 5.91 Å². The van der Waals surface area contributed by atoms with Crippen LogP contribution in [0.25, 0.3) is 5.82 Å². The number of aryl methyl sites for hydroxylation is 4. The molecule has 4 aromatic rings. The van der Waals surface area contributed by atoms with Gasteiger partial charge in [-0.25, -0.2) is 4.68 Å². The van der Waals surface area contributed by atoms with Crippen LogP contribution in [0.3, 0.4) is 0 Å². The lowest BCUT2D eigenvalue weighted by Crippen LogP contribution is -2.12. The van der Waals surface area contributed by atoms with Crippen molar-refractivity contribution in [1.29, 1.82) is 0 Å². The van der Waals surface area contributed by atoms with E-state index in [-0.39, 0.29) is 5.91 Å². The molecule has 3 heterocycles. The minimum absolute atomic E-state index is 0.198. The quantitative estimate of drug-likeness (QED) is 0.511. The number of aromatic nitrogens is 4. The summed E-state index contributed by atoms with van der Waals surface area (Å²) >= 11 is 0. The molecule has 1 aromatic carbocycles. The molecule has 0 spiro atoms. The molecule has 3 aromatic heterocycles. The summed E-state index contributed by atoms with van der Waals surface area (Å²) in [6.45, 7) is 7.51. The average molecular weight is 402 g/mol. The lowest BCUT2D eigenvalue weighted by Gasteiger charge is -2.08. The van der Waals surface area contributed by atoms with E-state index in [1.54, 1.807) is 17.7 Å². The fraction of sp³-hybridized carbons (Fsp3) is 0.182. The van der Waals surface area contributed by atoms with Gasteiger partial charge in [-0.15, -0.1) is 10.2 Å². The number of carbonyl (C=O) groups excluding carboxylic acids is 1. The van der Waals surface area contributed by atoms with Gasteiger partial charge in [0, 0.05) is 17.1 Å². The number of rotatable bonds is 5. The molecule has 0 saturated heterocycles. The molecule has 8 nitrogen and oxygen atoms in total. The Morgan fingerprint density at radius 1 is 0.933 bits per heavy atom. The van der Waals surface area contributed by atoms with Crippen LogP contribution in [-0.4, -0.2) is 25.9 Å². The van der Waals surface area contributed by atoms with Gasteiger partial charge in [0.15, 0.2) is 11.6 Å². The highest BCUT2D eigenvalue weighted by molar-refractivity contribution is 6.05. The van der Waals surface area contributed by atoms with Crippen molar-refractivity contribution in [2.45, 2.75) is 27.7 Å². The summed E-state index contributed by atoms with van der Waals surface area (Å²) in [5.74, 6) is 2.39. The monoisotopic (exact) mass is 402 g/mol. The number of anilines is 3. The smallest absolute Gasteiger partial charge is 0.259 e. The molecule has 1 amide bonds. The molecule has 4 rings (SSSR count). The third-order valence-corrected chi connectivity index (χ3v) is 4.58. The molecule has 152 valence electrons. The van der Waals surface area contributed by atoms with E-state index in [0.717, 1.165) is 17.1 Å². The van der Waals surface area contributed by atoms with E-state index >= 15 is 0 Å². The van der Waals surface area contributed by atoms with Crippen LogP contribution >= 0.6 is 0 Å². The summed E-state index contributed by atoms with van der Waals surface area (Å²) in [5.41, 5.74) is 3.99. The molecule has 0 fully saturated rings. The highest BCUT2D eigenvalue weighted by atomic mass is 16.3. The van der Waals surface area contributed by atoms with Gasteiger partial charge in [0.05, 0.1) is 11.3 Å². The van der Waals surface area contributed by atoms with Crippen molar-refractivity contribution in [3.8, 4) is 5.82 Å². The second kappa shape index (κ2) is 7.82. The molecule has 0 bridgehead atoms. The van der Waals surface area contributed by atoms with Gasteiger partial charge < -0.3 is 15.1 Å². The molecule has 8 heteroatoms. The number of amides is 1. The number of benzene rings is 1. The van der Waals surface area contributed by atoms with Gasteiger partial charge in [-0.1, -0.05) is 0 Å². The maximum Gasteiger partial charge on any atom is 0.259 e. The number of carbonyl (C=O) groups is 1. The van der Waals surface area contributed by atoms with E-state index in [9.17, 15) is 4.79 Å². The lowest BCUT2D eigenvalue weighted by atomic mass is 10.2. The fourth-order valence-electron chi connectivity index (χ4n) is 3.21. The van der Waals surface area contributed by atoms with E-state index < -0.39 is 0 Å². The Kier molecular flexibility index (Phi) is 5.05. The van der Waals surface area contributed by atoms with E-state index in [2.05, 4.69) is 25.9 Å². The molecule has 0 aliphatic carbocycles. The predicted octanol–water partition coefficient (Wildman–Crippen LogP) is 4.48. The van der Waals surface area contributed by atoms with Crippen molar-refractivity contribution in [2.24, 2.45) is 0 Å². The summed E-state index contributed by atoms with van der Waals surface area (Å²) in [7, 11) is 0. The Balaban J connectivity index is 1.41. The van der Waals surface area contributed by atoms with Crippen LogP contribution in [0.2, 0.25) is 0 Å². The highest BCUT2D eigenvalue weighted by Crippen LogP contribution is 2.20. The zero-order chi connectivity index (χ0) is 21.3. The Hall–Kier alpha value is -3.94. The van der Waals surface area contributed by atoms with Gasteiger partial charge >= 0.3 is 0 Å². The number of nitrogens with zero attached hydrogens (tertiary/aromatic N) is 4. The van der Waals surface area contributed by atoms with Crippen LogP contribution in [0.1, 0.15) is 33.3 Å². The summed E-state index contributed by atoms with van der Waals surface area (Å²) in [6.07, 6.45) is 0. The minimum Gasteiger partial charge on any atom is -0.466 e. The molecule has 0 saturated carbocycles. The first-order valence-electron chi connectivity index (χ1n) is 9.52. The molecular weight excluding hydrogens is 380 g/mol. The summed E-state index contributed by atoms with van der Waals surface area (Å²) in [4.78, 5) is 12.4. The van der Waals surface area contributed by atoms with Crippen molar-refractivity contribution in [1.82, 2.24) is 20.0 Å². The second-order valence-corrected chi connectivity index (χ2v) is 7.10. The fourth-order valence-corrected chi connectivity index (χ4v) is 3.21. The number of nitrogens with one attached hydrogen (secondary N) is 2. The topological polar surface area (TPSA) is 97.9 Å². The highest BCUT2D eigenvalue weighted by Gasteiger charge is 2.13. The molecule has 0 aliphatic heterocycles. The van der Waals surface area contributed by atoms with Gasteiger partial charge in [-0.05, 0) is 76.2 Å².